The van der Waals surface area contributed by atoms with E-state index in [9.17, 15) is 9.18 Å². The molecule has 0 heterocycles. The van der Waals surface area contributed by atoms with E-state index in [1.165, 1.54) is 12.1 Å². The first-order chi connectivity index (χ1) is 7.71. The second-order valence-corrected chi connectivity index (χ2v) is 5.39. The van der Waals surface area contributed by atoms with E-state index >= 15 is 0 Å². The van der Waals surface area contributed by atoms with E-state index in [4.69, 9.17) is 17.3 Å². The number of carbonyl (C=O) groups is 1. The summed E-state index contributed by atoms with van der Waals surface area (Å²) in [6, 6.07) is 3.34. The molecule has 0 aromatic heterocycles. The second kappa shape index (κ2) is 5.02. The van der Waals surface area contributed by atoms with Gasteiger partial charge in [0.05, 0.1) is 11.7 Å². The number of amides is 1. The molecule has 1 atom stereocenters. The Bertz CT molecular complexity index is 429. The molecule has 0 saturated heterocycles. The van der Waals surface area contributed by atoms with Crippen molar-refractivity contribution in [3.8, 4) is 0 Å². The number of nitrogens with one attached hydrogen (secondary N) is 1. The summed E-state index contributed by atoms with van der Waals surface area (Å²) in [7, 11) is 0. The first-order valence-electron chi connectivity index (χ1n) is 5.23. The van der Waals surface area contributed by atoms with Gasteiger partial charge < -0.3 is 11.1 Å². The Morgan fingerprint density at radius 3 is 2.53 bits per heavy atom. The van der Waals surface area contributed by atoms with Crippen LogP contribution in [0.1, 0.15) is 20.8 Å². The van der Waals surface area contributed by atoms with Gasteiger partial charge in [0.1, 0.15) is 5.82 Å². The number of halogens is 2. The molecule has 0 bridgehead atoms. The number of carbonyl (C=O) groups excluding carboxylic acids is 1. The quantitative estimate of drug-likeness (QED) is 0.857. The summed E-state index contributed by atoms with van der Waals surface area (Å²) in [5.74, 6) is -0.995. The van der Waals surface area contributed by atoms with Crippen LogP contribution in [0.5, 0.6) is 0 Å². The second-order valence-electron chi connectivity index (χ2n) is 4.96. The average Bonchev–Trinajstić information content (AvgIpc) is 2.19. The normalized spacial score (nSPS) is 13.3. The van der Waals surface area contributed by atoms with Crippen molar-refractivity contribution in [2.75, 3.05) is 5.32 Å². The van der Waals surface area contributed by atoms with Crippen LogP contribution in [0.2, 0.25) is 5.02 Å². The molecule has 1 aromatic carbocycles. The van der Waals surface area contributed by atoms with Gasteiger partial charge >= 0.3 is 0 Å². The van der Waals surface area contributed by atoms with Gasteiger partial charge in [-0.05, 0) is 23.6 Å². The van der Waals surface area contributed by atoms with Gasteiger partial charge in [-0.25, -0.2) is 4.39 Å². The van der Waals surface area contributed by atoms with Crippen LogP contribution in [-0.2, 0) is 4.79 Å². The molecule has 0 spiro atoms. The Morgan fingerprint density at radius 2 is 2.06 bits per heavy atom. The highest BCUT2D eigenvalue weighted by atomic mass is 35.5. The lowest BCUT2D eigenvalue weighted by Gasteiger charge is -2.25. The van der Waals surface area contributed by atoms with E-state index in [1.807, 2.05) is 20.8 Å². The molecule has 5 heteroatoms. The maximum absolute atomic E-state index is 13.4. The van der Waals surface area contributed by atoms with E-state index < -0.39 is 17.8 Å². The number of anilines is 1. The highest BCUT2D eigenvalue weighted by Gasteiger charge is 2.27. The Hall–Kier alpha value is -1.13. The van der Waals surface area contributed by atoms with E-state index in [1.54, 1.807) is 0 Å². The monoisotopic (exact) mass is 258 g/mol. The van der Waals surface area contributed by atoms with E-state index in [2.05, 4.69) is 5.32 Å². The summed E-state index contributed by atoms with van der Waals surface area (Å²) >= 11 is 5.61. The Balaban J connectivity index is 2.82. The molecule has 0 aliphatic heterocycles. The van der Waals surface area contributed by atoms with Crippen molar-refractivity contribution in [1.82, 2.24) is 0 Å². The van der Waals surface area contributed by atoms with Crippen LogP contribution in [0.3, 0.4) is 0 Å². The number of nitrogens with two attached hydrogens (primary N) is 1. The zero-order valence-electron chi connectivity index (χ0n) is 10.1. The SMILES string of the molecule is CC(C)(C)[C@H](N)C(=O)Nc1ccc(Cl)cc1F. The summed E-state index contributed by atoms with van der Waals surface area (Å²) < 4.78 is 13.4. The first kappa shape index (κ1) is 13.9. The fourth-order valence-electron chi connectivity index (χ4n) is 1.19. The number of hydrogen-bond donors (Lipinski definition) is 2. The van der Waals surface area contributed by atoms with E-state index in [0.29, 0.717) is 0 Å². The molecule has 94 valence electrons. The van der Waals surface area contributed by atoms with Crippen molar-refractivity contribution in [3.63, 3.8) is 0 Å². The molecule has 1 rings (SSSR count). The van der Waals surface area contributed by atoms with Gasteiger partial charge in [0.25, 0.3) is 0 Å². The van der Waals surface area contributed by atoms with Gasteiger partial charge in [-0.15, -0.1) is 0 Å². The molecule has 1 amide bonds. The van der Waals surface area contributed by atoms with Crippen LogP contribution < -0.4 is 11.1 Å². The van der Waals surface area contributed by atoms with Gasteiger partial charge in [-0.1, -0.05) is 32.4 Å². The summed E-state index contributed by atoms with van der Waals surface area (Å²) in [5.41, 5.74) is 5.46. The molecule has 17 heavy (non-hydrogen) atoms. The zero-order valence-corrected chi connectivity index (χ0v) is 10.8. The largest absolute Gasteiger partial charge is 0.322 e. The van der Waals surface area contributed by atoms with Crippen molar-refractivity contribution in [2.45, 2.75) is 26.8 Å². The molecule has 0 unspecified atom stereocenters. The molecular weight excluding hydrogens is 243 g/mol. The summed E-state index contributed by atoms with van der Waals surface area (Å²) in [6.07, 6.45) is 0. The van der Waals surface area contributed by atoms with Crippen LogP contribution in [0, 0.1) is 11.2 Å². The van der Waals surface area contributed by atoms with Gasteiger partial charge in [-0.3, -0.25) is 4.79 Å². The topological polar surface area (TPSA) is 55.1 Å². The fourth-order valence-corrected chi connectivity index (χ4v) is 1.35. The Labute approximate surface area is 105 Å². The minimum absolute atomic E-state index is 0.0825. The zero-order chi connectivity index (χ0) is 13.2. The molecule has 0 aliphatic carbocycles. The number of rotatable bonds is 2. The Kier molecular flexibility index (Phi) is 4.11. The first-order valence-corrected chi connectivity index (χ1v) is 5.61. The minimum atomic E-state index is -0.711. The predicted molar refractivity (Wildman–Crippen MR) is 67.5 cm³/mol. The van der Waals surface area contributed by atoms with Gasteiger partial charge in [-0.2, -0.15) is 0 Å². The standard InChI is InChI=1S/C12H16ClFN2O/c1-12(2,3)10(15)11(17)16-9-5-4-7(13)6-8(9)14/h4-6,10H,15H2,1-3H3,(H,16,17)/t10-/m1/s1. The predicted octanol–water partition coefficient (Wildman–Crippen LogP) is 2.79. The number of hydrogen-bond acceptors (Lipinski definition) is 2. The van der Waals surface area contributed by atoms with Crippen LogP contribution in [0.15, 0.2) is 18.2 Å². The lowest BCUT2D eigenvalue weighted by molar-refractivity contribution is -0.119. The van der Waals surface area contributed by atoms with Crippen LogP contribution >= 0.6 is 11.6 Å². The molecular formula is C12H16ClFN2O. The minimum Gasteiger partial charge on any atom is -0.322 e. The smallest absolute Gasteiger partial charge is 0.241 e. The lowest BCUT2D eigenvalue weighted by atomic mass is 9.87. The Morgan fingerprint density at radius 1 is 1.47 bits per heavy atom. The summed E-state index contributed by atoms with van der Waals surface area (Å²) in [4.78, 5) is 11.8. The van der Waals surface area contributed by atoms with E-state index in [-0.39, 0.29) is 16.1 Å². The van der Waals surface area contributed by atoms with Gasteiger partial charge in [0, 0.05) is 5.02 Å². The lowest BCUT2D eigenvalue weighted by Crippen LogP contribution is -2.45. The fraction of sp³-hybridized carbons (Fsp3) is 0.417. The van der Waals surface area contributed by atoms with Crippen molar-refractivity contribution in [2.24, 2.45) is 11.1 Å². The van der Waals surface area contributed by atoms with Crippen molar-refractivity contribution in [1.29, 1.82) is 0 Å². The molecule has 0 fully saturated rings. The summed E-state index contributed by atoms with van der Waals surface area (Å²) in [6.45, 7) is 5.53. The third kappa shape index (κ3) is 3.68. The molecule has 1 aromatic rings. The molecule has 0 saturated carbocycles. The molecule has 3 nitrogen and oxygen atoms in total. The summed E-state index contributed by atoms with van der Waals surface area (Å²) in [5, 5.41) is 2.72. The van der Waals surface area contributed by atoms with Crippen molar-refractivity contribution in [3.05, 3.63) is 29.0 Å². The maximum Gasteiger partial charge on any atom is 0.241 e. The van der Waals surface area contributed by atoms with Crippen LogP contribution in [0.25, 0.3) is 0 Å². The van der Waals surface area contributed by atoms with Gasteiger partial charge in [0.2, 0.25) is 5.91 Å². The molecule has 3 N–H and O–H groups in total. The van der Waals surface area contributed by atoms with Crippen molar-refractivity contribution < 1.29 is 9.18 Å². The van der Waals surface area contributed by atoms with Crippen molar-refractivity contribution >= 4 is 23.2 Å². The highest BCUT2D eigenvalue weighted by molar-refractivity contribution is 6.30. The van der Waals surface area contributed by atoms with Crippen LogP contribution in [-0.4, -0.2) is 11.9 Å². The molecule has 0 aliphatic rings. The van der Waals surface area contributed by atoms with E-state index in [0.717, 1.165) is 6.07 Å². The number of benzene rings is 1. The van der Waals surface area contributed by atoms with Gasteiger partial charge in [0.15, 0.2) is 0 Å². The molecule has 0 radical (unpaired) electrons. The van der Waals surface area contributed by atoms with Crippen LogP contribution in [0.4, 0.5) is 10.1 Å². The highest BCUT2D eigenvalue weighted by Crippen LogP contribution is 2.22. The third-order valence-corrected chi connectivity index (χ3v) is 2.64. The average molecular weight is 259 g/mol. The maximum atomic E-state index is 13.4. The third-order valence-electron chi connectivity index (χ3n) is 2.40.